The highest BCUT2D eigenvalue weighted by molar-refractivity contribution is 6.32. The van der Waals surface area contributed by atoms with Gasteiger partial charge in [0.05, 0.1) is 17.7 Å². The van der Waals surface area contributed by atoms with Crippen molar-refractivity contribution in [2.45, 2.75) is 39.5 Å². The predicted octanol–water partition coefficient (Wildman–Crippen LogP) is 4.39. The molecule has 3 rings (SSSR count). The monoisotopic (exact) mass is 431 g/mol. The summed E-state index contributed by atoms with van der Waals surface area (Å²) in [5.41, 5.74) is 2.63. The highest BCUT2D eigenvalue weighted by Gasteiger charge is 2.43. The molecular formula is C23H26ClNO5. The largest absolute Gasteiger partial charge is 0.503 e. The Morgan fingerprint density at radius 2 is 2.10 bits per heavy atom. The molecule has 0 unspecified atom stereocenters. The lowest BCUT2D eigenvalue weighted by atomic mass is 9.68. The van der Waals surface area contributed by atoms with Crippen molar-refractivity contribution in [3.8, 4) is 11.5 Å². The molecule has 0 fully saturated rings. The number of hydrogen-bond acceptors (Lipinski definition) is 6. The van der Waals surface area contributed by atoms with Crippen molar-refractivity contribution >= 4 is 23.4 Å². The van der Waals surface area contributed by atoms with Crippen LogP contribution in [0.2, 0.25) is 5.02 Å². The summed E-state index contributed by atoms with van der Waals surface area (Å²) in [4.78, 5) is 26.2. The van der Waals surface area contributed by atoms with Crippen LogP contribution < -0.4 is 10.1 Å². The molecule has 0 spiro atoms. The smallest absolute Gasteiger partial charge is 0.337 e. The van der Waals surface area contributed by atoms with Crippen molar-refractivity contribution in [2.24, 2.45) is 5.41 Å². The number of aromatic hydroxyl groups is 1. The molecule has 0 radical (unpaired) electrons. The number of carbonyl (C=O) groups excluding carboxylic acids is 2. The van der Waals surface area contributed by atoms with Gasteiger partial charge in [-0.05, 0) is 36.5 Å². The van der Waals surface area contributed by atoms with Gasteiger partial charge in [0, 0.05) is 29.3 Å². The Hall–Kier alpha value is -2.73. The van der Waals surface area contributed by atoms with Crippen LogP contribution in [0.5, 0.6) is 11.5 Å². The van der Waals surface area contributed by atoms with Crippen LogP contribution in [0.15, 0.2) is 47.3 Å². The number of allylic oxidation sites excluding steroid dienone is 3. The van der Waals surface area contributed by atoms with E-state index in [-0.39, 0.29) is 34.3 Å². The minimum Gasteiger partial charge on any atom is -0.503 e. The molecule has 1 heterocycles. The number of phenols is 1. The Bertz CT molecular complexity index is 990. The van der Waals surface area contributed by atoms with Crippen molar-refractivity contribution in [3.05, 3.63) is 57.9 Å². The van der Waals surface area contributed by atoms with Crippen LogP contribution in [0.4, 0.5) is 0 Å². The Morgan fingerprint density at radius 1 is 1.40 bits per heavy atom. The van der Waals surface area contributed by atoms with Crippen LogP contribution in [0.25, 0.3) is 0 Å². The average Bonchev–Trinajstić information content (AvgIpc) is 2.66. The second kappa shape index (κ2) is 8.19. The second-order valence-corrected chi connectivity index (χ2v) is 8.78. The molecule has 0 aromatic heterocycles. The normalized spacial score (nSPS) is 20.4. The summed E-state index contributed by atoms with van der Waals surface area (Å²) >= 11 is 6.23. The molecule has 1 aromatic carbocycles. The van der Waals surface area contributed by atoms with Gasteiger partial charge in [-0.3, -0.25) is 4.79 Å². The van der Waals surface area contributed by atoms with E-state index in [1.165, 1.54) is 13.2 Å². The maximum atomic E-state index is 13.2. The molecule has 2 aliphatic rings. The fraction of sp³-hybridized carbons (Fsp3) is 0.391. The van der Waals surface area contributed by atoms with E-state index in [1.54, 1.807) is 19.1 Å². The topological polar surface area (TPSA) is 84.9 Å². The van der Waals surface area contributed by atoms with Gasteiger partial charge < -0.3 is 19.9 Å². The SMILES string of the molecule is C=CCOC(=O)C1=C(C)NC2=C(C(=O)CC(C)(C)C2)[C@@H]1c1cc(Cl)c(O)c(OC)c1. The molecule has 0 amide bonds. The molecule has 1 aliphatic heterocycles. The number of ether oxygens (including phenoxy) is 2. The Kier molecular flexibility index (Phi) is 5.99. The number of phenolic OH excluding ortho intramolecular Hbond substituents is 1. The van der Waals surface area contributed by atoms with Crippen molar-refractivity contribution < 1.29 is 24.2 Å². The van der Waals surface area contributed by atoms with Gasteiger partial charge in [-0.25, -0.2) is 4.79 Å². The highest BCUT2D eigenvalue weighted by Crippen LogP contribution is 2.48. The molecule has 2 N–H and O–H groups in total. The molecule has 0 bridgehead atoms. The predicted molar refractivity (Wildman–Crippen MR) is 114 cm³/mol. The van der Waals surface area contributed by atoms with E-state index in [1.807, 2.05) is 13.8 Å². The number of ketones is 1. The first-order valence-electron chi connectivity index (χ1n) is 9.68. The van der Waals surface area contributed by atoms with Gasteiger partial charge in [0.1, 0.15) is 6.61 Å². The van der Waals surface area contributed by atoms with E-state index < -0.39 is 11.9 Å². The number of halogens is 1. The fourth-order valence-corrected chi connectivity index (χ4v) is 4.39. The lowest BCUT2D eigenvalue weighted by Gasteiger charge is -2.39. The van der Waals surface area contributed by atoms with Crippen molar-refractivity contribution in [1.82, 2.24) is 5.32 Å². The minimum absolute atomic E-state index is 0.0385. The van der Waals surface area contributed by atoms with Crippen molar-refractivity contribution in [1.29, 1.82) is 0 Å². The average molecular weight is 432 g/mol. The molecule has 1 atom stereocenters. The number of methoxy groups -OCH3 is 1. The van der Waals surface area contributed by atoms with Gasteiger partial charge in [-0.1, -0.05) is 38.1 Å². The third-order valence-corrected chi connectivity index (χ3v) is 5.68. The van der Waals surface area contributed by atoms with Gasteiger partial charge in [0.2, 0.25) is 0 Å². The Balaban J connectivity index is 2.23. The Labute approximate surface area is 181 Å². The zero-order valence-corrected chi connectivity index (χ0v) is 18.4. The number of carbonyl (C=O) groups is 2. The van der Waals surface area contributed by atoms with Crippen LogP contribution in [-0.2, 0) is 14.3 Å². The summed E-state index contributed by atoms with van der Waals surface area (Å²) in [7, 11) is 1.41. The van der Waals surface area contributed by atoms with Crippen LogP contribution in [0, 0.1) is 5.41 Å². The quantitative estimate of drug-likeness (QED) is 0.531. The minimum atomic E-state index is -0.686. The number of esters is 1. The second-order valence-electron chi connectivity index (χ2n) is 8.37. The number of benzene rings is 1. The zero-order chi connectivity index (χ0) is 22.2. The zero-order valence-electron chi connectivity index (χ0n) is 17.6. The molecule has 1 aliphatic carbocycles. The molecule has 0 saturated carbocycles. The van der Waals surface area contributed by atoms with E-state index in [0.29, 0.717) is 35.2 Å². The Morgan fingerprint density at radius 3 is 2.73 bits per heavy atom. The van der Waals surface area contributed by atoms with Crippen LogP contribution in [-0.4, -0.2) is 30.6 Å². The molecule has 0 saturated heterocycles. The molecule has 7 heteroatoms. The first-order valence-corrected chi connectivity index (χ1v) is 10.1. The summed E-state index contributed by atoms with van der Waals surface area (Å²) < 4.78 is 10.6. The number of rotatable bonds is 5. The van der Waals surface area contributed by atoms with Gasteiger partial charge in [0.15, 0.2) is 17.3 Å². The lowest BCUT2D eigenvalue weighted by molar-refractivity contribution is -0.138. The molecular weight excluding hydrogens is 406 g/mol. The first-order chi connectivity index (χ1) is 14.1. The van der Waals surface area contributed by atoms with E-state index in [9.17, 15) is 14.7 Å². The first kappa shape index (κ1) is 22.0. The van der Waals surface area contributed by atoms with Crippen LogP contribution in [0.1, 0.15) is 45.1 Å². The van der Waals surface area contributed by atoms with E-state index in [0.717, 1.165) is 5.70 Å². The van der Waals surface area contributed by atoms with E-state index in [2.05, 4.69) is 11.9 Å². The van der Waals surface area contributed by atoms with Crippen molar-refractivity contribution in [3.63, 3.8) is 0 Å². The van der Waals surface area contributed by atoms with Gasteiger partial charge in [0.25, 0.3) is 0 Å². The molecule has 30 heavy (non-hydrogen) atoms. The van der Waals surface area contributed by atoms with Crippen LogP contribution in [0.3, 0.4) is 0 Å². The van der Waals surface area contributed by atoms with Crippen molar-refractivity contribution in [2.75, 3.05) is 13.7 Å². The third-order valence-electron chi connectivity index (χ3n) is 5.40. The molecule has 6 nitrogen and oxygen atoms in total. The van der Waals surface area contributed by atoms with Gasteiger partial charge >= 0.3 is 5.97 Å². The number of dihydropyridines is 1. The molecule has 1 aromatic rings. The maximum Gasteiger partial charge on any atom is 0.337 e. The van der Waals surface area contributed by atoms with E-state index >= 15 is 0 Å². The maximum absolute atomic E-state index is 13.2. The van der Waals surface area contributed by atoms with E-state index in [4.69, 9.17) is 21.1 Å². The lowest BCUT2D eigenvalue weighted by Crippen LogP contribution is -2.38. The number of hydrogen-bond donors (Lipinski definition) is 2. The third kappa shape index (κ3) is 3.97. The van der Waals surface area contributed by atoms with Gasteiger partial charge in [-0.2, -0.15) is 0 Å². The fourth-order valence-electron chi connectivity index (χ4n) is 4.17. The summed E-state index contributed by atoms with van der Waals surface area (Å²) in [6.07, 6.45) is 2.51. The van der Waals surface area contributed by atoms with Gasteiger partial charge in [-0.15, -0.1) is 0 Å². The molecule has 160 valence electrons. The van der Waals surface area contributed by atoms with Crippen LogP contribution >= 0.6 is 11.6 Å². The summed E-state index contributed by atoms with van der Waals surface area (Å²) in [6.45, 7) is 9.49. The standard InChI is InChI=1S/C23H26ClNO5/c1-6-7-30-22(28)18-12(2)25-15-10-23(3,4)11-16(26)20(15)19(18)13-8-14(24)21(27)17(9-13)29-5/h6,8-9,19,25,27H,1,7,10-11H2,2-5H3/t19-/m1/s1. The summed E-state index contributed by atoms with van der Waals surface area (Å²) in [6, 6.07) is 3.16. The highest BCUT2D eigenvalue weighted by atomic mass is 35.5. The summed E-state index contributed by atoms with van der Waals surface area (Å²) in [5, 5.41) is 13.5. The summed E-state index contributed by atoms with van der Waals surface area (Å²) in [5.74, 6) is -1.30. The number of nitrogens with one attached hydrogen (secondary N) is 1. The number of Topliss-reactive ketones (excluding diaryl/α,β-unsaturated/α-hetero) is 1.